The monoisotopic (exact) mass is 451 g/mol. The molecule has 0 aliphatic carbocycles. The summed E-state index contributed by atoms with van der Waals surface area (Å²) in [4.78, 5) is 27.6. The fourth-order valence-corrected chi connectivity index (χ4v) is 4.18. The number of ether oxygens (including phenoxy) is 2. The maximum atomic E-state index is 13.1. The molecule has 3 rings (SSSR count). The van der Waals surface area contributed by atoms with Crippen LogP contribution in [0.25, 0.3) is 5.76 Å². The Morgan fingerprint density at radius 2 is 1.73 bits per heavy atom. The number of benzene rings is 2. The zero-order valence-electron chi connectivity index (χ0n) is 20.3. The number of ketones is 1. The molecule has 6 nitrogen and oxygen atoms in total. The Kier molecular flexibility index (Phi) is 7.28. The highest BCUT2D eigenvalue weighted by molar-refractivity contribution is 6.46. The molecule has 6 heteroatoms. The first-order valence-electron chi connectivity index (χ1n) is 11.1. The molecule has 0 bridgehead atoms. The maximum absolute atomic E-state index is 13.1. The summed E-state index contributed by atoms with van der Waals surface area (Å²) < 4.78 is 10.4. The zero-order chi connectivity index (χ0) is 24.3. The number of carbonyl (C=O) groups excluding carboxylic acids is 2. The third-order valence-corrected chi connectivity index (χ3v) is 6.05. The molecule has 2 aromatic carbocycles. The van der Waals surface area contributed by atoms with Gasteiger partial charge in [0.05, 0.1) is 18.7 Å². The van der Waals surface area contributed by atoms with Crippen molar-refractivity contribution in [3.8, 4) is 5.75 Å². The lowest BCUT2D eigenvalue weighted by Gasteiger charge is -2.26. The van der Waals surface area contributed by atoms with Gasteiger partial charge in [0.2, 0.25) is 0 Å². The molecule has 0 aromatic heterocycles. The number of hydrogen-bond donors (Lipinski definition) is 1. The molecule has 0 radical (unpaired) electrons. The summed E-state index contributed by atoms with van der Waals surface area (Å²) >= 11 is 0. The van der Waals surface area contributed by atoms with E-state index in [0.29, 0.717) is 30.9 Å². The average Bonchev–Trinajstić information content (AvgIpc) is 3.03. The first-order chi connectivity index (χ1) is 15.6. The Bertz CT molecular complexity index is 1060. The number of rotatable bonds is 7. The van der Waals surface area contributed by atoms with Crippen LogP contribution in [0.4, 0.5) is 0 Å². The Morgan fingerprint density at radius 3 is 2.27 bits per heavy atom. The minimum atomic E-state index is -0.678. The van der Waals surface area contributed by atoms with Gasteiger partial charge in [0.15, 0.2) is 0 Å². The van der Waals surface area contributed by atoms with Crippen molar-refractivity contribution >= 4 is 17.4 Å². The van der Waals surface area contributed by atoms with E-state index in [1.54, 1.807) is 32.4 Å². The third-order valence-electron chi connectivity index (χ3n) is 6.05. The second kappa shape index (κ2) is 9.79. The van der Waals surface area contributed by atoms with E-state index in [9.17, 15) is 14.7 Å². The Hall–Kier alpha value is -3.12. The number of nitrogens with zero attached hydrogens (tertiary/aromatic N) is 1. The zero-order valence-corrected chi connectivity index (χ0v) is 20.3. The van der Waals surface area contributed by atoms with Crippen molar-refractivity contribution in [2.75, 3.05) is 27.4 Å². The van der Waals surface area contributed by atoms with Crippen LogP contribution in [-0.4, -0.2) is 49.1 Å². The van der Waals surface area contributed by atoms with Crippen LogP contribution in [0.5, 0.6) is 5.75 Å². The molecule has 176 valence electrons. The topological polar surface area (TPSA) is 76.1 Å². The van der Waals surface area contributed by atoms with Gasteiger partial charge in [-0.05, 0) is 53.6 Å². The van der Waals surface area contributed by atoms with E-state index in [0.717, 1.165) is 16.7 Å². The van der Waals surface area contributed by atoms with Crippen molar-refractivity contribution in [2.24, 2.45) is 0 Å². The van der Waals surface area contributed by atoms with Crippen LogP contribution in [0, 0.1) is 6.92 Å². The summed E-state index contributed by atoms with van der Waals surface area (Å²) in [7, 11) is 3.18. The van der Waals surface area contributed by atoms with Crippen LogP contribution in [0.3, 0.4) is 0 Å². The number of methoxy groups -OCH3 is 2. The van der Waals surface area contributed by atoms with E-state index < -0.39 is 17.7 Å². The van der Waals surface area contributed by atoms with Crippen LogP contribution in [0.2, 0.25) is 0 Å². The van der Waals surface area contributed by atoms with Gasteiger partial charge in [0.25, 0.3) is 11.7 Å². The van der Waals surface area contributed by atoms with E-state index in [4.69, 9.17) is 9.47 Å². The summed E-state index contributed by atoms with van der Waals surface area (Å²) in [6, 6.07) is 12.4. The lowest BCUT2D eigenvalue weighted by atomic mass is 9.85. The number of Topliss-reactive ketones (excluding diaryl/α,β-unsaturated/α-hetero) is 1. The van der Waals surface area contributed by atoms with Gasteiger partial charge in [0, 0.05) is 25.8 Å². The predicted octanol–water partition coefficient (Wildman–Crippen LogP) is 4.76. The third kappa shape index (κ3) is 4.96. The fourth-order valence-electron chi connectivity index (χ4n) is 4.18. The molecule has 33 heavy (non-hydrogen) atoms. The molecule has 1 N–H and O–H groups in total. The largest absolute Gasteiger partial charge is 0.507 e. The average molecular weight is 452 g/mol. The van der Waals surface area contributed by atoms with Gasteiger partial charge in [-0.1, -0.05) is 45.0 Å². The fraction of sp³-hybridized carbons (Fsp3) is 0.407. The first kappa shape index (κ1) is 24.5. The van der Waals surface area contributed by atoms with Gasteiger partial charge < -0.3 is 19.5 Å². The van der Waals surface area contributed by atoms with Crippen molar-refractivity contribution in [3.05, 3.63) is 70.3 Å². The van der Waals surface area contributed by atoms with E-state index in [-0.39, 0.29) is 16.7 Å². The number of amides is 1. The molecule has 1 aliphatic rings. The number of aliphatic hydroxyl groups excluding tert-OH is 1. The van der Waals surface area contributed by atoms with Crippen molar-refractivity contribution in [2.45, 2.75) is 45.6 Å². The molecular weight excluding hydrogens is 418 g/mol. The minimum Gasteiger partial charge on any atom is -0.507 e. The number of aliphatic hydroxyl groups is 1. The Labute approximate surface area is 195 Å². The number of likely N-dealkylation sites (tertiary alicyclic amines) is 1. The highest BCUT2D eigenvalue weighted by Crippen LogP contribution is 2.40. The highest BCUT2D eigenvalue weighted by Gasteiger charge is 2.45. The standard InChI is InChI=1S/C27H33NO5/c1-17-16-19(10-13-21(17)33-6)24(29)22-23(18-8-11-20(12-9-18)27(2,3)4)28(14-7-15-32-5)26(31)25(22)30/h8-13,16,23,29H,7,14-15H2,1-6H3. The molecule has 1 amide bonds. The van der Waals surface area contributed by atoms with Crippen LogP contribution in [-0.2, 0) is 19.7 Å². The minimum absolute atomic E-state index is 0.0283. The van der Waals surface area contributed by atoms with Gasteiger partial charge in [0.1, 0.15) is 11.5 Å². The smallest absolute Gasteiger partial charge is 0.295 e. The predicted molar refractivity (Wildman–Crippen MR) is 128 cm³/mol. The molecule has 1 saturated heterocycles. The number of aryl methyl sites for hydroxylation is 1. The van der Waals surface area contributed by atoms with E-state index >= 15 is 0 Å². The summed E-state index contributed by atoms with van der Waals surface area (Å²) in [5.41, 5.74) is 3.30. The van der Waals surface area contributed by atoms with E-state index in [1.807, 2.05) is 31.2 Å². The van der Waals surface area contributed by atoms with Crippen molar-refractivity contribution < 1.29 is 24.2 Å². The second-order valence-corrected chi connectivity index (χ2v) is 9.40. The van der Waals surface area contributed by atoms with Gasteiger partial charge in [-0.3, -0.25) is 9.59 Å². The molecule has 1 heterocycles. The molecular formula is C27H33NO5. The van der Waals surface area contributed by atoms with Crippen LogP contribution >= 0.6 is 0 Å². The van der Waals surface area contributed by atoms with Crippen LogP contribution in [0.15, 0.2) is 48.0 Å². The normalized spacial score (nSPS) is 18.1. The molecule has 1 fully saturated rings. The second-order valence-electron chi connectivity index (χ2n) is 9.40. The van der Waals surface area contributed by atoms with Gasteiger partial charge in [-0.2, -0.15) is 0 Å². The first-order valence-corrected chi connectivity index (χ1v) is 11.1. The van der Waals surface area contributed by atoms with Crippen LogP contribution in [0.1, 0.15) is 55.5 Å². The maximum Gasteiger partial charge on any atom is 0.295 e. The molecule has 2 aromatic rings. The van der Waals surface area contributed by atoms with Crippen molar-refractivity contribution in [1.29, 1.82) is 0 Å². The summed E-state index contributed by atoms with van der Waals surface area (Å²) in [5.74, 6) is -0.787. The van der Waals surface area contributed by atoms with Crippen LogP contribution < -0.4 is 4.74 Å². The van der Waals surface area contributed by atoms with Gasteiger partial charge in [-0.25, -0.2) is 0 Å². The number of carbonyl (C=O) groups is 2. The Balaban J connectivity index is 2.13. The molecule has 0 saturated carbocycles. The number of hydrogen-bond acceptors (Lipinski definition) is 5. The summed E-state index contributed by atoms with van der Waals surface area (Å²) in [6.45, 7) is 9.07. The van der Waals surface area contributed by atoms with Crippen molar-refractivity contribution in [1.82, 2.24) is 4.90 Å². The van der Waals surface area contributed by atoms with Gasteiger partial charge >= 0.3 is 0 Å². The summed E-state index contributed by atoms with van der Waals surface area (Å²) in [5, 5.41) is 11.2. The van der Waals surface area contributed by atoms with Crippen molar-refractivity contribution in [3.63, 3.8) is 0 Å². The quantitative estimate of drug-likeness (QED) is 0.284. The molecule has 1 unspecified atom stereocenters. The SMILES string of the molecule is COCCCN1C(=O)C(=O)C(=C(O)c2ccc(OC)c(C)c2)C1c1ccc(C(C)(C)C)cc1. The van der Waals surface area contributed by atoms with Gasteiger partial charge in [-0.15, -0.1) is 0 Å². The molecule has 0 spiro atoms. The highest BCUT2D eigenvalue weighted by atomic mass is 16.5. The Morgan fingerprint density at radius 1 is 1.06 bits per heavy atom. The lowest BCUT2D eigenvalue weighted by molar-refractivity contribution is -0.140. The molecule has 1 atom stereocenters. The van der Waals surface area contributed by atoms with E-state index in [1.165, 1.54) is 4.90 Å². The lowest BCUT2D eigenvalue weighted by Crippen LogP contribution is -2.31. The summed E-state index contributed by atoms with van der Waals surface area (Å²) in [6.07, 6.45) is 0.585. The molecule has 1 aliphatic heterocycles. The van der Waals surface area contributed by atoms with E-state index in [2.05, 4.69) is 20.8 Å².